The van der Waals surface area contributed by atoms with Gasteiger partial charge in [0.1, 0.15) is 17.6 Å². The Morgan fingerprint density at radius 1 is 1.06 bits per heavy atom. The molecular formula is C27H29NO5S. The van der Waals surface area contributed by atoms with Crippen LogP contribution in [0.2, 0.25) is 0 Å². The first-order valence-corrected chi connectivity index (χ1v) is 12.9. The number of hydrogen-bond donors (Lipinski definition) is 1. The topological polar surface area (TPSA) is 87.8 Å². The quantitative estimate of drug-likeness (QED) is 0.334. The van der Waals surface area contributed by atoms with E-state index >= 15 is 0 Å². The number of sulfonamides is 1. The van der Waals surface area contributed by atoms with E-state index in [-0.39, 0.29) is 5.75 Å². The smallest absolute Gasteiger partial charge is 0.213 e. The number of fused-ring (bicyclic) bond motifs is 3. The molecule has 0 aromatic heterocycles. The summed E-state index contributed by atoms with van der Waals surface area (Å²) in [5.41, 5.74) is 5.40. The van der Waals surface area contributed by atoms with Crippen molar-refractivity contribution in [2.24, 2.45) is 5.14 Å². The molecule has 3 aromatic carbocycles. The summed E-state index contributed by atoms with van der Waals surface area (Å²) in [7, 11) is -2.05. The van der Waals surface area contributed by atoms with Gasteiger partial charge in [0.2, 0.25) is 10.0 Å². The fourth-order valence-electron chi connectivity index (χ4n) is 4.23. The molecule has 0 amide bonds. The maximum Gasteiger partial charge on any atom is 0.213 e. The van der Waals surface area contributed by atoms with Gasteiger partial charge >= 0.3 is 0 Å². The van der Waals surface area contributed by atoms with Crippen molar-refractivity contribution in [3.8, 4) is 22.6 Å². The van der Waals surface area contributed by atoms with Crippen LogP contribution < -0.4 is 14.6 Å². The molecule has 1 atom stereocenters. The molecule has 0 saturated carbocycles. The summed E-state index contributed by atoms with van der Waals surface area (Å²) in [4.78, 5) is 0. The van der Waals surface area contributed by atoms with Gasteiger partial charge in [-0.15, -0.1) is 6.58 Å². The van der Waals surface area contributed by atoms with E-state index in [2.05, 4.69) is 18.7 Å². The Bertz CT molecular complexity index is 1290. The van der Waals surface area contributed by atoms with E-state index in [1.807, 2.05) is 48.5 Å². The van der Waals surface area contributed by atoms with Crippen molar-refractivity contribution in [3.63, 3.8) is 0 Å². The molecule has 6 nitrogen and oxygen atoms in total. The van der Waals surface area contributed by atoms with Crippen LogP contribution in [0.5, 0.6) is 11.5 Å². The van der Waals surface area contributed by atoms with Crippen LogP contribution in [0.3, 0.4) is 0 Å². The highest BCUT2D eigenvalue weighted by Gasteiger charge is 2.30. The monoisotopic (exact) mass is 479 g/mol. The molecule has 2 N–H and O–H groups in total. The van der Waals surface area contributed by atoms with Crippen LogP contribution in [0, 0.1) is 0 Å². The van der Waals surface area contributed by atoms with Crippen LogP contribution in [0.1, 0.15) is 34.8 Å². The van der Waals surface area contributed by atoms with Gasteiger partial charge in [0.15, 0.2) is 0 Å². The highest BCUT2D eigenvalue weighted by Crippen LogP contribution is 2.49. The number of ether oxygens (including phenoxy) is 3. The summed E-state index contributed by atoms with van der Waals surface area (Å²) in [6.07, 6.45) is 3.04. The molecule has 0 bridgehead atoms. The zero-order valence-corrected chi connectivity index (χ0v) is 20.0. The zero-order chi connectivity index (χ0) is 24.1. The number of primary sulfonamides is 1. The lowest BCUT2D eigenvalue weighted by molar-refractivity contribution is 0.142. The third-order valence-electron chi connectivity index (χ3n) is 5.74. The maximum absolute atomic E-state index is 11.7. The van der Waals surface area contributed by atoms with Gasteiger partial charge in [-0.2, -0.15) is 0 Å². The van der Waals surface area contributed by atoms with Crippen molar-refractivity contribution in [3.05, 3.63) is 95.6 Å². The highest BCUT2D eigenvalue weighted by molar-refractivity contribution is 7.88. The fraction of sp³-hybridized carbons (Fsp3) is 0.259. The molecule has 0 radical (unpaired) electrons. The Morgan fingerprint density at radius 3 is 2.65 bits per heavy atom. The second-order valence-electron chi connectivity index (χ2n) is 8.24. The predicted molar refractivity (Wildman–Crippen MR) is 133 cm³/mol. The summed E-state index contributed by atoms with van der Waals surface area (Å²) in [6.45, 7) is 4.99. The molecule has 0 fully saturated rings. The molecule has 0 saturated heterocycles. The highest BCUT2D eigenvalue weighted by atomic mass is 32.2. The molecule has 0 aliphatic carbocycles. The lowest BCUT2D eigenvalue weighted by Crippen LogP contribution is -2.18. The largest absolute Gasteiger partial charge is 0.496 e. The van der Waals surface area contributed by atoms with Crippen LogP contribution >= 0.6 is 0 Å². The zero-order valence-electron chi connectivity index (χ0n) is 19.2. The molecule has 0 spiro atoms. The van der Waals surface area contributed by atoms with Crippen molar-refractivity contribution in [2.45, 2.75) is 24.7 Å². The van der Waals surface area contributed by atoms with E-state index < -0.39 is 16.1 Å². The molecule has 4 rings (SSSR count). The maximum atomic E-state index is 11.7. The summed E-state index contributed by atoms with van der Waals surface area (Å²) < 4.78 is 41.2. The number of methoxy groups -OCH3 is 1. The third kappa shape index (κ3) is 5.50. The van der Waals surface area contributed by atoms with Gasteiger partial charge in [0.05, 0.1) is 31.6 Å². The van der Waals surface area contributed by atoms with Gasteiger partial charge in [0, 0.05) is 5.56 Å². The van der Waals surface area contributed by atoms with Crippen molar-refractivity contribution in [2.75, 3.05) is 20.3 Å². The van der Waals surface area contributed by atoms with Crippen molar-refractivity contribution < 1.29 is 22.6 Å². The average molecular weight is 480 g/mol. The lowest BCUT2D eigenvalue weighted by atomic mass is 9.87. The van der Waals surface area contributed by atoms with Crippen LogP contribution in [-0.2, 0) is 26.9 Å². The normalized spacial score (nSPS) is 14.6. The molecule has 1 heterocycles. The van der Waals surface area contributed by atoms with Crippen LogP contribution in [0.25, 0.3) is 11.1 Å². The van der Waals surface area contributed by atoms with Crippen LogP contribution in [0.4, 0.5) is 0 Å². The van der Waals surface area contributed by atoms with Gasteiger partial charge in [-0.25, -0.2) is 13.6 Å². The fourth-order valence-corrected chi connectivity index (χ4v) is 4.88. The van der Waals surface area contributed by atoms with Gasteiger partial charge in [-0.3, -0.25) is 0 Å². The number of hydrogen-bond acceptors (Lipinski definition) is 5. The predicted octanol–water partition coefficient (Wildman–Crippen LogP) is 4.77. The molecule has 34 heavy (non-hydrogen) atoms. The Labute approximate surface area is 201 Å². The molecular weight excluding hydrogens is 450 g/mol. The molecule has 3 aromatic rings. The van der Waals surface area contributed by atoms with Gasteiger partial charge in [-0.1, -0.05) is 54.6 Å². The van der Waals surface area contributed by atoms with Gasteiger partial charge in [-0.05, 0) is 47.2 Å². The van der Waals surface area contributed by atoms with E-state index in [9.17, 15) is 8.42 Å². The SMILES string of the molecule is C=CCCOCCc1cccc(C2Oc3cccc(OC)c3-c3ccc(CS(N)(=O)=O)cc32)c1. The summed E-state index contributed by atoms with van der Waals surface area (Å²) in [6, 6.07) is 19.5. The van der Waals surface area contributed by atoms with Crippen LogP contribution in [-0.4, -0.2) is 28.7 Å². The van der Waals surface area contributed by atoms with E-state index in [0.717, 1.165) is 40.7 Å². The lowest BCUT2D eigenvalue weighted by Gasteiger charge is -2.30. The molecule has 1 aliphatic heterocycles. The Balaban J connectivity index is 1.72. The second-order valence-corrected chi connectivity index (χ2v) is 9.86. The molecule has 7 heteroatoms. The Hall–Kier alpha value is -3.13. The summed E-state index contributed by atoms with van der Waals surface area (Å²) in [5.74, 6) is 1.17. The van der Waals surface area contributed by atoms with E-state index in [1.54, 1.807) is 13.2 Å². The first kappa shape index (κ1) is 24.0. The summed E-state index contributed by atoms with van der Waals surface area (Å²) in [5, 5.41) is 5.31. The van der Waals surface area contributed by atoms with Crippen molar-refractivity contribution in [1.29, 1.82) is 0 Å². The number of rotatable bonds is 10. The van der Waals surface area contributed by atoms with E-state index in [1.165, 1.54) is 0 Å². The number of benzene rings is 3. The Morgan fingerprint density at radius 2 is 1.88 bits per heavy atom. The van der Waals surface area contributed by atoms with Crippen molar-refractivity contribution >= 4 is 10.0 Å². The number of nitrogens with two attached hydrogens (primary N) is 1. The van der Waals surface area contributed by atoms with Crippen molar-refractivity contribution in [1.82, 2.24) is 0 Å². The van der Waals surface area contributed by atoms with E-state index in [4.69, 9.17) is 19.3 Å². The van der Waals surface area contributed by atoms with Gasteiger partial charge < -0.3 is 14.2 Å². The second kappa shape index (κ2) is 10.4. The third-order valence-corrected chi connectivity index (χ3v) is 6.48. The minimum absolute atomic E-state index is 0.242. The minimum atomic E-state index is -3.67. The molecule has 1 unspecified atom stereocenters. The Kier molecular flexibility index (Phi) is 7.36. The average Bonchev–Trinajstić information content (AvgIpc) is 2.82. The van der Waals surface area contributed by atoms with Gasteiger partial charge in [0.25, 0.3) is 0 Å². The first-order valence-electron chi connectivity index (χ1n) is 11.1. The van der Waals surface area contributed by atoms with E-state index in [0.29, 0.717) is 30.3 Å². The van der Waals surface area contributed by atoms with Crippen LogP contribution in [0.15, 0.2) is 73.3 Å². The molecule has 1 aliphatic rings. The minimum Gasteiger partial charge on any atom is -0.496 e. The summed E-state index contributed by atoms with van der Waals surface area (Å²) >= 11 is 0. The standard InChI is InChI=1S/C27H29NO5S/c1-3-4-14-32-15-13-19-7-5-8-21(16-19)27-23-17-20(18-34(28,29)30)11-12-22(23)26-24(31-2)9-6-10-25(26)33-27/h3,5-12,16-17,27H,1,4,13-15,18H2,2H3,(H2,28,29,30). The molecule has 178 valence electrons. The first-order chi connectivity index (χ1) is 16.4.